The van der Waals surface area contributed by atoms with Crippen molar-refractivity contribution in [3.8, 4) is 16.3 Å². The number of aromatic nitrogens is 2. The van der Waals surface area contributed by atoms with Crippen LogP contribution in [0.15, 0.2) is 48.5 Å². The van der Waals surface area contributed by atoms with Crippen LogP contribution in [0, 0.1) is 10.5 Å². The molecule has 3 aromatic rings. The van der Waals surface area contributed by atoms with E-state index in [0.717, 1.165) is 14.1 Å². The molecule has 5 nitrogen and oxygen atoms in total. The molecule has 24 heavy (non-hydrogen) atoms. The summed E-state index contributed by atoms with van der Waals surface area (Å²) in [5.41, 5.74) is 2.17. The van der Waals surface area contributed by atoms with Gasteiger partial charge in [0.2, 0.25) is 5.13 Å². The van der Waals surface area contributed by atoms with E-state index in [1.165, 1.54) is 16.9 Å². The standard InChI is InChI=1S/C17H14IN3O2S/c1-11-2-4-12(5-3-11)16-20-21-17(24-16)19-15(22)10-23-14-8-6-13(18)7-9-14/h2-9H,10H2,1H3,(H,19,21,22). The smallest absolute Gasteiger partial charge is 0.264 e. The zero-order valence-electron chi connectivity index (χ0n) is 12.8. The third kappa shape index (κ3) is 4.51. The number of benzene rings is 2. The molecule has 0 radical (unpaired) electrons. The molecule has 0 atom stereocenters. The molecule has 3 rings (SSSR count). The third-order valence-electron chi connectivity index (χ3n) is 3.15. The summed E-state index contributed by atoms with van der Waals surface area (Å²) in [6, 6.07) is 15.5. The van der Waals surface area contributed by atoms with Gasteiger partial charge < -0.3 is 4.74 Å². The number of ether oxygens (including phenoxy) is 1. The van der Waals surface area contributed by atoms with Crippen molar-refractivity contribution in [1.82, 2.24) is 10.2 Å². The summed E-state index contributed by atoms with van der Waals surface area (Å²) in [5, 5.41) is 12.0. The van der Waals surface area contributed by atoms with Gasteiger partial charge in [-0.05, 0) is 53.8 Å². The van der Waals surface area contributed by atoms with Crippen molar-refractivity contribution in [2.75, 3.05) is 11.9 Å². The van der Waals surface area contributed by atoms with E-state index >= 15 is 0 Å². The van der Waals surface area contributed by atoms with Gasteiger partial charge in [0.05, 0.1) is 0 Å². The number of hydrogen-bond donors (Lipinski definition) is 1. The Kier molecular flexibility index (Phi) is 5.41. The van der Waals surface area contributed by atoms with Gasteiger partial charge in [0.1, 0.15) is 10.8 Å². The summed E-state index contributed by atoms with van der Waals surface area (Å²) in [7, 11) is 0. The van der Waals surface area contributed by atoms with E-state index in [0.29, 0.717) is 10.9 Å². The van der Waals surface area contributed by atoms with Gasteiger partial charge in [-0.1, -0.05) is 41.2 Å². The minimum Gasteiger partial charge on any atom is -0.484 e. The van der Waals surface area contributed by atoms with Crippen LogP contribution < -0.4 is 10.1 Å². The van der Waals surface area contributed by atoms with Crippen molar-refractivity contribution < 1.29 is 9.53 Å². The minimum atomic E-state index is -0.264. The second-order valence-electron chi connectivity index (χ2n) is 5.07. The van der Waals surface area contributed by atoms with Gasteiger partial charge in [0.15, 0.2) is 6.61 Å². The molecule has 0 unspecified atom stereocenters. The Morgan fingerprint density at radius 2 is 1.83 bits per heavy atom. The number of hydrogen-bond acceptors (Lipinski definition) is 5. The Morgan fingerprint density at radius 3 is 2.54 bits per heavy atom. The van der Waals surface area contributed by atoms with Crippen molar-refractivity contribution in [3.05, 3.63) is 57.7 Å². The predicted molar refractivity (Wildman–Crippen MR) is 103 cm³/mol. The SMILES string of the molecule is Cc1ccc(-c2nnc(NC(=O)COc3ccc(I)cc3)s2)cc1. The topological polar surface area (TPSA) is 64.1 Å². The molecule has 0 aliphatic rings. The van der Waals surface area contributed by atoms with Crippen molar-refractivity contribution in [2.24, 2.45) is 0 Å². The summed E-state index contributed by atoms with van der Waals surface area (Å²) in [4.78, 5) is 11.9. The molecule has 122 valence electrons. The molecule has 0 spiro atoms. The molecule has 1 amide bonds. The van der Waals surface area contributed by atoms with Crippen LogP contribution in [0.4, 0.5) is 5.13 Å². The lowest BCUT2D eigenvalue weighted by atomic mass is 10.2. The number of nitrogens with zero attached hydrogens (tertiary/aromatic N) is 2. The summed E-state index contributed by atoms with van der Waals surface area (Å²) >= 11 is 3.55. The molecule has 0 aliphatic carbocycles. The number of aryl methyl sites for hydroxylation is 1. The molecule has 0 aliphatic heterocycles. The number of halogens is 1. The first-order valence-electron chi connectivity index (χ1n) is 7.19. The molecule has 0 saturated carbocycles. The fraction of sp³-hybridized carbons (Fsp3) is 0.118. The van der Waals surface area contributed by atoms with Crippen LogP contribution >= 0.6 is 33.9 Å². The Labute approximate surface area is 157 Å². The van der Waals surface area contributed by atoms with Crippen molar-refractivity contribution >= 4 is 45.0 Å². The van der Waals surface area contributed by atoms with Gasteiger partial charge in [0, 0.05) is 9.13 Å². The number of anilines is 1. The van der Waals surface area contributed by atoms with Crippen LogP contribution in [0.5, 0.6) is 5.75 Å². The normalized spacial score (nSPS) is 10.4. The van der Waals surface area contributed by atoms with Gasteiger partial charge in [-0.3, -0.25) is 10.1 Å². The van der Waals surface area contributed by atoms with Crippen LogP contribution in [0.3, 0.4) is 0 Å². The minimum absolute atomic E-state index is 0.0694. The lowest BCUT2D eigenvalue weighted by Crippen LogP contribution is -2.20. The maximum atomic E-state index is 11.9. The highest BCUT2D eigenvalue weighted by Gasteiger charge is 2.10. The number of nitrogens with one attached hydrogen (secondary N) is 1. The van der Waals surface area contributed by atoms with Crippen LogP contribution in [0.1, 0.15) is 5.56 Å². The molecule has 1 heterocycles. The highest BCUT2D eigenvalue weighted by Crippen LogP contribution is 2.26. The third-order valence-corrected chi connectivity index (χ3v) is 4.76. The number of amides is 1. The predicted octanol–water partition coefficient (Wildman–Crippen LogP) is 4.14. The first-order chi connectivity index (χ1) is 11.6. The van der Waals surface area contributed by atoms with Gasteiger partial charge in [0.25, 0.3) is 5.91 Å². The van der Waals surface area contributed by atoms with E-state index < -0.39 is 0 Å². The average molecular weight is 451 g/mol. The fourth-order valence-corrected chi connectivity index (χ4v) is 3.05. The molecule has 7 heteroatoms. The molecule has 1 N–H and O–H groups in total. The van der Waals surface area contributed by atoms with Crippen LogP contribution in [0.2, 0.25) is 0 Å². The van der Waals surface area contributed by atoms with Gasteiger partial charge in [-0.25, -0.2) is 0 Å². The summed E-state index contributed by atoms with van der Waals surface area (Å²) < 4.78 is 6.55. The Morgan fingerprint density at radius 1 is 1.12 bits per heavy atom. The van der Waals surface area contributed by atoms with E-state index in [4.69, 9.17) is 4.74 Å². The van der Waals surface area contributed by atoms with Gasteiger partial charge in [-0.2, -0.15) is 0 Å². The second-order valence-corrected chi connectivity index (χ2v) is 7.29. The van der Waals surface area contributed by atoms with E-state index in [9.17, 15) is 4.79 Å². The molecule has 1 aromatic heterocycles. The molecule has 2 aromatic carbocycles. The molecule has 0 fully saturated rings. The van der Waals surface area contributed by atoms with Crippen LogP contribution in [-0.2, 0) is 4.79 Å². The first-order valence-corrected chi connectivity index (χ1v) is 9.08. The molecular weight excluding hydrogens is 437 g/mol. The van der Waals surface area contributed by atoms with Crippen molar-refractivity contribution in [1.29, 1.82) is 0 Å². The summed E-state index contributed by atoms with van der Waals surface area (Å²) in [6.45, 7) is 1.96. The Bertz CT molecular complexity index is 832. The zero-order chi connectivity index (χ0) is 16.9. The van der Waals surface area contributed by atoms with Gasteiger partial charge in [-0.15, -0.1) is 10.2 Å². The van der Waals surface area contributed by atoms with E-state index in [1.807, 2.05) is 55.5 Å². The van der Waals surface area contributed by atoms with E-state index in [2.05, 4.69) is 38.1 Å². The number of carbonyl (C=O) groups excluding carboxylic acids is 1. The molecule has 0 saturated heterocycles. The lowest BCUT2D eigenvalue weighted by molar-refractivity contribution is -0.118. The number of rotatable bonds is 5. The number of carbonyl (C=O) groups is 1. The Balaban J connectivity index is 1.57. The lowest BCUT2D eigenvalue weighted by Gasteiger charge is -2.05. The van der Waals surface area contributed by atoms with E-state index in [1.54, 1.807) is 0 Å². The fourth-order valence-electron chi connectivity index (χ4n) is 1.92. The average Bonchev–Trinajstić information content (AvgIpc) is 3.03. The Hall–Kier alpha value is -2.00. The second kappa shape index (κ2) is 7.71. The van der Waals surface area contributed by atoms with Crippen LogP contribution in [-0.4, -0.2) is 22.7 Å². The summed E-state index contributed by atoms with van der Waals surface area (Å²) in [6.07, 6.45) is 0. The van der Waals surface area contributed by atoms with Crippen molar-refractivity contribution in [3.63, 3.8) is 0 Å². The maximum absolute atomic E-state index is 11.9. The summed E-state index contributed by atoms with van der Waals surface area (Å²) in [5.74, 6) is 0.392. The van der Waals surface area contributed by atoms with Crippen LogP contribution in [0.25, 0.3) is 10.6 Å². The highest BCUT2D eigenvalue weighted by molar-refractivity contribution is 14.1. The zero-order valence-corrected chi connectivity index (χ0v) is 15.8. The largest absolute Gasteiger partial charge is 0.484 e. The highest BCUT2D eigenvalue weighted by atomic mass is 127. The van der Waals surface area contributed by atoms with E-state index in [-0.39, 0.29) is 12.5 Å². The maximum Gasteiger partial charge on any atom is 0.264 e. The molecule has 0 bridgehead atoms. The monoisotopic (exact) mass is 451 g/mol. The first kappa shape index (κ1) is 16.8. The van der Waals surface area contributed by atoms with Crippen molar-refractivity contribution in [2.45, 2.75) is 6.92 Å². The molecular formula is C17H14IN3O2S. The van der Waals surface area contributed by atoms with Gasteiger partial charge >= 0.3 is 0 Å². The quantitative estimate of drug-likeness (QED) is 0.593.